The Kier molecular flexibility index (Phi) is 6.38. The minimum absolute atomic E-state index is 0.0857. The van der Waals surface area contributed by atoms with Crippen LogP contribution in [0.15, 0.2) is 23.3 Å². The lowest BCUT2D eigenvalue weighted by Crippen LogP contribution is -2.38. The van der Waals surface area contributed by atoms with E-state index in [4.69, 9.17) is 9.47 Å². The van der Waals surface area contributed by atoms with Crippen molar-refractivity contribution in [2.45, 2.75) is 39.7 Å². The molecular formula is C18H25N3O4. The van der Waals surface area contributed by atoms with E-state index in [0.717, 1.165) is 5.56 Å². The van der Waals surface area contributed by atoms with Gasteiger partial charge in [0.05, 0.1) is 19.3 Å². The summed E-state index contributed by atoms with van der Waals surface area (Å²) < 4.78 is 11.2. The normalized spacial score (nSPS) is 15.4. The van der Waals surface area contributed by atoms with Crippen LogP contribution < -0.4 is 14.8 Å². The van der Waals surface area contributed by atoms with Crippen molar-refractivity contribution >= 4 is 17.5 Å². The molecule has 0 spiro atoms. The Hall–Kier alpha value is -2.57. The average Bonchev–Trinajstić information content (AvgIpc) is 2.59. The van der Waals surface area contributed by atoms with Crippen molar-refractivity contribution in [3.05, 3.63) is 23.8 Å². The molecule has 1 heterocycles. The minimum Gasteiger partial charge on any atom is -0.490 e. The van der Waals surface area contributed by atoms with E-state index in [9.17, 15) is 9.59 Å². The molecule has 1 N–H and O–H groups in total. The fourth-order valence-electron chi connectivity index (χ4n) is 2.53. The maximum absolute atomic E-state index is 12.4. The Morgan fingerprint density at radius 3 is 2.56 bits per heavy atom. The van der Waals surface area contributed by atoms with Gasteiger partial charge in [-0.2, -0.15) is 5.10 Å². The van der Waals surface area contributed by atoms with E-state index in [1.54, 1.807) is 7.05 Å². The zero-order valence-electron chi connectivity index (χ0n) is 15.2. The fraction of sp³-hybridized carbons (Fsp3) is 0.500. The lowest BCUT2D eigenvalue weighted by molar-refractivity contribution is -0.130. The molecule has 0 unspecified atom stereocenters. The summed E-state index contributed by atoms with van der Waals surface area (Å²) in [6.07, 6.45) is 0.657. The van der Waals surface area contributed by atoms with E-state index in [0.29, 0.717) is 43.3 Å². The van der Waals surface area contributed by atoms with Crippen LogP contribution in [0.25, 0.3) is 0 Å². The van der Waals surface area contributed by atoms with E-state index in [2.05, 4.69) is 10.4 Å². The first-order chi connectivity index (χ1) is 12.0. The number of hydrogen-bond acceptors (Lipinski definition) is 5. The third-order valence-electron chi connectivity index (χ3n) is 3.88. The lowest BCUT2D eigenvalue weighted by atomic mass is 10.1. The highest BCUT2D eigenvalue weighted by molar-refractivity contribution is 6.39. The van der Waals surface area contributed by atoms with E-state index in [1.165, 1.54) is 5.01 Å². The maximum atomic E-state index is 12.4. The van der Waals surface area contributed by atoms with E-state index in [1.807, 2.05) is 39.0 Å². The van der Waals surface area contributed by atoms with E-state index in [-0.39, 0.29) is 17.9 Å². The number of hydrazone groups is 1. The molecule has 1 atom stereocenters. The highest BCUT2D eigenvalue weighted by Gasteiger charge is 2.23. The van der Waals surface area contributed by atoms with Crippen LogP contribution in [-0.2, 0) is 9.59 Å². The highest BCUT2D eigenvalue weighted by Crippen LogP contribution is 2.30. The van der Waals surface area contributed by atoms with Crippen molar-refractivity contribution in [1.29, 1.82) is 0 Å². The molecule has 1 aromatic rings. The number of carbonyl (C=O) groups is 2. The van der Waals surface area contributed by atoms with Crippen molar-refractivity contribution in [3.8, 4) is 11.5 Å². The number of nitrogens with one attached hydrogen (secondary N) is 1. The van der Waals surface area contributed by atoms with Gasteiger partial charge in [0.2, 0.25) is 5.91 Å². The number of hydrogen-bond donors (Lipinski definition) is 1. The van der Waals surface area contributed by atoms with Gasteiger partial charge in [-0.1, -0.05) is 6.07 Å². The maximum Gasteiger partial charge on any atom is 0.267 e. The second-order valence-corrected chi connectivity index (χ2v) is 5.73. The van der Waals surface area contributed by atoms with Gasteiger partial charge in [0.1, 0.15) is 5.71 Å². The number of nitrogens with zero attached hydrogens (tertiary/aromatic N) is 2. The lowest BCUT2D eigenvalue weighted by Gasteiger charge is -2.21. The Morgan fingerprint density at radius 1 is 1.24 bits per heavy atom. The predicted molar refractivity (Wildman–Crippen MR) is 94.8 cm³/mol. The van der Waals surface area contributed by atoms with Crippen LogP contribution in [0.3, 0.4) is 0 Å². The van der Waals surface area contributed by atoms with Crippen LogP contribution in [0, 0.1) is 0 Å². The molecule has 1 aromatic carbocycles. The molecule has 2 rings (SSSR count). The highest BCUT2D eigenvalue weighted by atomic mass is 16.5. The van der Waals surface area contributed by atoms with Crippen LogP contribution in [-0.4, -0.2) is 42.8 Å². The van der Waals surface area contributed by atoms with Gasteiger partial charge in [0.15, 0.2) is 11.5 Å². The molecule has 0 bridgehead atoms. The average molecular weight is 347 g/mol. The summed E-state index contributed by atoms with van der Waals surface area (Å²) in [4.78, 5) is 23.8. The molecule has 0 fully saturated rings. The summed E-state index contributed by atoms with van der Waals surface area (Å²) in [5.74, 6) is 0.989. The third-order valence-corrected chi connectivity index (χ3v) is 3.88. The van der Waals surface area contributed by atoms with Crippen LogP contribution >= 0.6 is 0 Å². The van der Waals surface area contributed by atoms with E-state index < -0.39 is 0 Å². The molecule has 136 valence electrons. The van der Waals surface area contributed by atoms with Gasteiger partial charge >= 0.3 is 0 Å². The van der Waals surface area contributed by atoms with Gasteiger partial charge in [-0.15, -0.1) is 0 Å². The van der Waals surface area contributed by atoms with Crippen LogP contribution in [0.1, 0.15) is 45.2 Å². The zero-order chi connectivity index (χ0) is 18.4. The van der Waals surface area contributed by atoms with Gasteiger partial charge in [-0.05, 0) is 38.5 Å². The summed E-state index contributed by atoms with van der Waals surface area (Å²) in [6.45, 7) is 6.80. The van der Waals surface area contributed by atoms with Gasteiger partial charge < -0.3 is 14.8 Å². The molecule has 0 saturated carbocycles. The van der Waals surface area contributed by atoms with Crippen LogP contribution in [0.2, 0.25) is 0 Å². The van der Waals surface area contributed by atoms with Crippen molar-refractivity contribution in [2.24, 2.45) is 5.10 Å². The van der Waals surface area contributed by atoms with Crippen molar-refractivity contribution in [3.63, 3.8) is 0 Å². The number of carbonyl (C=O) groups excluding carboxylic acids is 2. The summed E-state index contributed by atoms with van der Waals surface area (Å²) in [7, 11) is 1.55. The molecule has 0 saturated heterocycles. The first kappa shape index (κ1) is 18.8. The van der Waals surface area contributed by atoms with Crippen LogP contribution in [0.5, 0.6) is 11.5 Å². The van der Waals surface area contributed by atoms with Gasteiger partial charge in [-0.25, -0.2) is 5.01 Å². The standard InChI is InChI=1S/C18H25N3O4/c1-5-24-15-9-7-13(11-16(15)25-6-2)12(3)19-18(23)14-8-10-17(22)21(4)20-14/h7,9,11-12H,5-6,8,10H2,1-4H3,(H,19,23)/t12-/m0/s1. The minimum atomic E-state index is -0.265. The first-order valence-electron chi connectivity index (χ1n) is 8.50. The SMILES string of the molecule is CCOc1ccc([C@H](C)NC(=O)C2=NN(C)C(=O)CC2)cc1OCC. The largest absolute Gasteiger partial charge is 0.490 e. The van der Waals surface area contributed by atoms with Crippen molar-refractivity contribution in [1.82, 2.24) is 10.3 Å². The quantitative estimate of drug-likeness (QED) is 0.820. The number of amides is 2. The number of ether oxygens (including phenoxy) is 2. The molecule has 2 amide bonds. The van der Waals surface area contributed by atoms with Crippen LogP contribution in [0.4, 0.5) is 0 Å². The van der Waals surface area contributed by atoms with Crippen molar-refractivity contribution < 1.29 is 19.1 Å². The summed E-state index contributed by atoms with van der Waals surface area (Å²) in [5, 5.41) is 8.17. The first-order valence-corrected chi connectivity index (χ1v) is 8.50. The number of benzene rings is 1. The second-order valence-electron chi connectivity index (χ2n) is 5.73. The number of rotatable bonds is 7. The van der Waals surface area contributed by atoms with Gasteiger partial charge in [0, 0.05) is 19.9 Å². The fourth-order valence-corrected chi connectivity index (χ4v) is 2.53. The topological polar surface area (TPSA) is 80.2 Å². The Morgan fingerprint density at radius 2 is 1.92 bits per heavy atom. The second kappa shape index (κ2) is 8.50. The molecule has 1 aliphatic rings. The third kappa shape index (κ3) is 4.71. The monoisotopic (exact) mass is 347 g/mol. The summed E-state index contributed by atoms with van der Waals surface area (Å²) in [6, 6.07) is 5.39. The Balaban J connectivity index is 2.11. The molecule has 0 aromatic heterocycles. The Bertz CT molecular complexity index is 672. The van der Waals surface area contributed by atoms with Gasteiger partial charge in [0.25, 0.3) is 5.91 Å². The molecule has 1 aliphatic heterocycles. The molecule has 25 heavy (non-hydrogen) atoms. The molecule has 7 heteroatoms. The summed E-state index contributed by atoms with van der Waals surface area (Å²) >= 11 is 0. The van der Waals surface area contributed by atoms with Crippen molar-refractivity contribution in [2.75, 3.05) is 20.3 Å². The van der Waals surface area contributed by atoms with Gasteiger partial charge in [-0.3, -0.25) is 9.59 Å². The smallest absolute Gasteiger partial charge is 0.267 e. The molecule has 0 radical (unpaired) electrons. The molecule has 7 nitrogen and oxygen atoms in total. The Labute approximate surface area is 148 Å². The predicted octanol–water partition coefficient (Wildman–Crippen LogP) is 2.27. The molecular weight excluding hydrogens is 322 g/mol. The zero-order valence-corrected chi connectivity index (χ0v) is 15.2. The van der Waals surface area contributed by atoms with E-state index >= 15 is 0 Å². The summed E-state index contributed by atoms with van der Waals surface area (Å²) in [5.41, 5.74) is 1.27. The molecule has 0 aliphatic carbocycles.